The molecule has 0 aromatic carbocycles. The number of pyridine rings is 1. The van der Waals surface area contributed by atoms with Crippen LogP contribution in [0.25, 0.3) is 0 Å². The van der Waals surface area contributed by atoms with Gasteiger partial charge in [0.15, 0.2) is 5.43 Å². The van der Waals surface area contributed by atoms with Crippen molar-refractivity contribution in [3.05, 3.63) is 33.2 Å². The molecule has 4 nitrogen and oxygen atoms in total. The standard InChI is InChI=1S/C8H7F2N3O/c9-8(10)5-1-7(14)4(2-11)6(3-12)13-5/h1,8H,2,11H2,(H,13,14). The minimum absolute atomic E-state index is 0.0249. The highest BCUT2D eigenvalue weighted by atomic mass is 19.3. The van der Waals surface area contributed by atoms with Crippen LogP contribution in [-0.4, -0.2) is 4.98 Å². The second-order valence-corrected chi connectivity index (χ2v) is 2.56. The number of nitrogens with two attached hydrogens (primary N) is 1. The minimum Gasteiger partial charge on any atom is -0.345 e. The number of aromatic nitrogens is 1. The quantitative estimate of drug-likeness (QED) is 0.733. The zero-order valence-electron chi connectivity index (χ0n) is 7.05. The number of rotatable bonds is 2. The molecule has 0 aliphatic carbocycles. The number of nitrogens with one attached hydrogen (secondary N) is 1. The Kier molecular flexibility index (Phi) is 2.94. The van der Waals surface area contributed by atoms with E-state index in [4.69, 9.17) is 11.0 Å². The molecule has 0 radical (unpaired) electrons. The molecule has 3 N–H and O–H groups in total. The molecule has 0 spiro atoms. The molecule has 0 aliphatic heterocycles. The van der Waals surface area contributed by atoms with E-state index in [1.807, 2.05) is 0 Å². The summed E-state index contributed by atoms with van der Waals surface area (Å²) in [5.41, 5.74) is 3.81. The van der Waals surface area contributed by atoms with E-state index in [-0.39, 0.29) is 17.8 Å². The maximum atomic E-state index is 12.2. The number of H-pyrrole nitrogens is 1. The Balaban J connectivity index is 3.41. The number of hydrogen-bond acceptors (Lipinski definition) is 3. The normalized spacial score (nSPS) is 10.2. The second-order valence-electron chi connectivity index (χ2n) is 2.56. The van der Waals surface area contributed by atoms with E-state index in [9.17, 15) is 13.6 Å². The SMILES string of the molecule is N#Cc1[nH]c(C(F)F)cc(=O)c1CN. The predicted octanol–water partition coefficient (Wildman–Crippen LogP) is 0.643. The van der Waals surface area contributed by atoms with Crippen LogP contribution >= 0.6 is 0 Å². The van der Waals surface area contributed by atoms with Crippen molar-refractivity contribution < 1.29 is 8.78 Å². The first kappa shape index (κ1) is 10.3. The van der Waals surface area contributed by atoms with Crippen LogP contribution in [0, 0.1) is 11.3 Å². The summed E-state index contributed by atoms with van der Waals surface area (Å²) in [6.45, 7) is -0.151. The Morgan fingerprint density at radius 2 is 2.29 bits per heavy atom. The average Bonchev–Trinajstić information content (AvgIpc) is 2.16. The van der Waals surface area contributed by atoms with Gasteiger partial charge in [0.1, 0.15) is 11.8 Å². The van der Waals surface area contributed by atoms with Gasteiger partial charge in [0.05, 0.1) is 5.69 Å². The van der Waals surface area contributed by atoms with Gasteiger partial charge in [0.25, 0.3) is 6.43 Å². The molecule has 0 amide bonds. The zero-order valence-corrected chi connectivity index (χ0v) is 7.05. The first-order valence-corrected chi connectivity index (χ1v) is 3.74. The third-order valence-electron chi connectivity index (χ3n) is 1.71. The summed E-state index contributed by atoms with van der Waals surface area (Å²) < 4.78 is 24.4. The fraction of sp³-hybridized carbons (Fsp3) is 0.250. The van der Waals surface area contributed by atoms with Gasteiger partial charge in [-0.25, -0.2) is 8.78 Å². The van der Waals surface area contributed by atoms with E-state index in [2.05, 4.69) is 4.98 Å². The van der Waals surface area contributed by atoms with Crippen molar-refractivity contribution in [2.45, 2.75) is 13.0 Å². The highest BCUT2D eigenvalue weighted by molar-refractivity contribution is 5.32. The average molecular weight is 199 g/mol. The topological polar surface area (TPSA) is 82.7 Å². The summed E-state index contributed by atoms with van der Waals surface area (Å²) in [5, 5.41) is 8.56. The maximum Gasteiger partial charge on any atom is 0.278 e. The van der Waals surface area contributed by atoms with Crippen molar-refractivity contribution in [3.63, 3.8) is 0 Å². The molecule has 0 bridgehead atoms. The van der Waals surface area contributed by atoms with Crippen molar-refractivity contribution >= 4 is 0 Å². The Morgan fingerprint density at radius 3 is 2.71 bits per heavy atom. The summed E-state index contributed by atoms with van der Waals surface area (Å²) in [7, 11) is 0. The Bertz CT molecular complexity index is 433. The lowest BCUT2D eigenvalue weighted by Crippen LogP contribution is -2.17. The number of hydrogen-bond donors (Lipinski definition) is 2. The van der Waals surface area contributed by atoms with Crippen LogP contribution < -0.4 is 11.2 Å². The van der Waals surface area contributed by atoms with Crippen molar-refractivity contribution in [2.75, 3.05) is 0 Å². The smallest absolute Gasteiger partial charge is 0.278 e. The van der Waals surface area contributed by atoms with Crippen LogP contribution in [0.3, 0.4) is 0 Å². The van der Waals surface area contributed by atoms with Crippen LogP contribution in [0.5, 0.6) is 0 Å². The lowest BCUT2D eigenvalue weighted by molar-refractivity contribution is 0.146. The van der Waals surface area contributed by atoms with Crippen LogP contribution in [0.1, 0.15) is 23.4 Å². The number of nitriles is 1. The number of aromatic amines is 1. The molecule has 1 aromatic rings. The van der Waals surface area contributed by atoms with Gasteiger partial charge in [0, 0.05) is 18.2 Å². The molecule has 6 heteroatoms. The Labute approximate surface area is 78.0 Å². The third kappa shape index (κ3) is 1.78. The molecular weight excluding hydrogens is 192 g/mol. The highest BCUT2D eigenvalue weighted by Crippen LogP contribution is 2.15. The number of alkyl halides is 2. The van der Waals surface area contributed by atoms with E-state index < -0.39 is 17.5 Å². The molecule has 1 rings (SSSR count). The lowest BCUT2D eigenvalue weighted by atomic mass is 10.1. The molecule has 0 saturated carbocycles. The monoisotopic (exact) mass is 199 g/mol. The number of nitrogens with zero attached hydrogens (tertiary/aromatic N) is 1. The summed E-state index contributed by atoms with van der Waals surface area (Å²) in [6, 6.07) is 2.37. The van der Waals surface area contributed by atoms with Gasteiger partial charge < -0.3 is 10.7 Å². The molecule has 1 aromatic heterocycles. The summed E-state index contributed by atoms with van der Waals surface area (Å²) in [6.07, 6.45) is -2.80. The molecule has 0 atom stereocenters. The van der Waals surface area contributed by atoms with Crippen LogP contribution in [0.4, 0.5) is 8.78 Å². The summed E-state index contributed by atoms with van der Waals surface area (Å²) in [4.78, 5) is 13.3. The van der Waals surface area contributed by atoms with Gasteiger partial charge >= 0.3 is 0 Å². The second kappa shape index (κ2) is 3.98. The van der Waals surface area contributed by atoms with E-state index >= 15 is 0 Å². The lowest BCUT2D eigenvalue weighted by Gasteiger charge is -2.03. The largest absolute Gasteiger partial charge is 0.345 e. The molecule has 0 aliphatic rings. The first-order chi connectivity index (χ1) is 6.60. The molecule has 0 fully saturated rings. The molecule has 74 valence electrons. The van der Waals surface area contributed by atoms with Crippen molar-refractivity contribution in [3.8, 4) is 6.07 Å². The number of halogens is 2. The zero-order chi connectivity index (χ0) is 10.7. The van der Waals surface area contributed by atoms with E-state index in [0.29, 0.717) is 0 Å². The van der Waals surface area contributed by atoms with Gasteiger partial charge in [-0.2, -0.15) is 5.26 Å². The van der Waals surface area contributed by atoms with E-state index in [1.165, 1.54) is 0 Å². The van der Waals surface area contributed by atoms with Crippen LogP contribution in [0.2, 0.25) is 0 Å². The molecular formula is C8H7F2N3O. The van der Waals surface area contributed by atoms with Crippen molar-refractivity contribution in [2.24, 2.45) is 5.73 Å². The minimum atomic E-state index is -2.80. The fourth-order valence-electron chi connectivity index (χ4n) is 1.02. The van der Waals surface area contributed by atoms with Crippen LogP contribution in [0.15, 0.2) is 10.9 Å². The first-order valence-electron chi connectivity index (χ1n) is 3.74. The fourth-order valence-corrected chi connectivity index (χ4v) is 1.02. The Hall–Kier alpha value is -1.74. The van der Waals surface area contributed by atoms with E-state index in [0.717, 1.165) is 6.07 Å². The Morgan fingerprint density at radius 1 is 1.64 bits per heavy atom. The molecule has 0 saturated heterocycles. The van der Waals surface area contributed by atoms with E-state index in [1.54, 1.807) is 6.07 Å². The summed E-state index contributed by atoms with van der Waals surface area (Å²) in [5.74, 6) is 0. The molecule has 14 heavy (non-hydrogen) atoms. The summed E-state index contributed by atoms with van der Waals surface area (Å²) >= 11 is 0. The highest BCUT2D eigenvalue weighted by Gasteiger charge is 2.13. The molecule has 1 heterocycles. The van der Waals surface area contributed by atoms with Crippen molar-refractivity contribution in [1.82, 2.24) is 4.98 Å². The van der Waals surface area contributed by atoms with Gasteiger partial charge in [0.2, 0.25) is 0 Å². The maximum absolute atomic E-state index is 12.2. The van der Waals surface area contributed by atoms with Gasteiger partial charge in [-0.1, -0.05) is 0 Å². The van der Waals surface area contributed by atoms with Gasteiger partial charge in [-0.15, -0.1) is 0 Å². The predicted molar refractivity (Wildman–Crippen MR) is 44.6 cm³/mol. The van der Waals surface area contributed by atoms with Gasteiger partial charge in [-0.05, 0) is 0 Å². The van der Waals surface area contributed by atoms with Gasteiger partial charge in [-0.3, -0.25) is 4.79 Å². The molecule has 0 unspecified atom stereocenters. The third-order valence-corrected chi connectivity index (χ3v) is 1.71. The van der Waals surface area contributed by atoms with Crippen LogP contribution in [-0.2, 0) is 6.54 Å². The van der Waals surface area contributed by atoms with Crippen molar-refractivity contribution in [1.29, 1.82) is 5.26 Å².